The SMILES string of the molecule is C1CC1.O=P. The normalized spacial score (nSPS) is 15.2. The summed E-state index contributed by atoms with van der Waals surface area (Å²) in [6.45, 7) is 0. The Morgan fingerprint density at radius 2 is 1.20 bits per heavy atom. The van der Waals surface area contributed by atoms with Gasteiger partial charge in [0.15, 0.2) is 0 Å². The van der Waals surface area contributed by atoms with Crippen LogP contribution in [0.2, 0.25) is 0 Å². The molecule has 0 heterocycles. The van der Waals surface area contributed by atoms with E-state index in [1.54, 1.807) is 9.12 Å². The topological polar surface area (TPSA) is 17.1 Å². The molecule has 1 saturated carbocycles. The van der Waals surface area contributed by atoms with Gasteiger partial charge >= 0.3 is 0 Å². The summed E-state index contributed by atoms with van der Waals surface area (Å²) in [7, 11) is 1.72. The third kappa shape index (κ3) is 14.9. The molecule has 1 fully saturated rings. The van der Waals surface area contributed by atoms with E-state index in [9.17, 15) is 0 Å². The maximum absolute atomic E-state index is 8.06. The fourth-order valence-electron chi connectivity index (χ4n) is 0. The lowest BCUT2D eigenvalue weighted by Crippen LogP contribution is -0.856. The lowest BCUT2D eigenvalue weighted by Gasteiger charge is -1.05. The highest BCUT2D eigenvalue weighted by molar-refractivity contribution is 7.00. The van der Waals surface area contributed by atoms with Crippen LogP contribution >= 0.6 is 9.12 Å². The molecule has 0 N–H and O–H groups in total. The van der Waals surface area contributed by atoms with Crippen molar-refractivity contribution in [2.75, 3.05) is 0 Å². The molecule has 0 amide bonds. The minimum Gasteiger partial charge on any atom is -0.279 e. The van der Waals surface area contributed by atoms with Gasteiger partial charge in [-0.15, -0.1) is 0 Å². The molecular weight excluding hydrogens is 83.0 g/mol. The van der Waals surface area contributed by atoms with Crippen molar-refractivity contribution < 1.29 is 4.57 Å². The highest BCUT2D eigenvalue weighted by Gasteiger charge is 1.95. The minimum absolute atomic E-state index is 1.50. The molecule has 0 aromatic carbocycles. The van der Waals surface area contributed by atoms with Crippen molar-refractivity contribution in [3.63, 3.8) is 0 Å². The Bertz CT molecular complexity index is 18.1. The molecule has 30 valence electrons. The summed E-state index contributed by atoms with van der Waals surface area (Å²) in [6.07, 6.45) is 4.50. The first-order valence-corrected chi connectivity index (χ1v) is 2.11. The molecule has 0 aromatic heterocycles. The summed E-state index contributed by atoms with van der Waals surface area (Å²) in [5.74, 6) is 0. The van der Waals surface area contributed by atoms with Gasteiger partial charge in [-0.25, -0.2) is 0 Å². The van der Waals surface area contributed by atoms with Crippen molar-refractivity contribution in [1.82, 2.24) is 0 Å². The van der Waals surface area contributed by atoms with Crippen LogP contribution in [-0.4, -0.2) is 0 Å². The maximum atomic E-state index is 8.06. The molecule has 0 radical (unpaired) electrons. The van der Waals surface area contributed by atoms with E-state index in [1.807, 2.05) is 0 Å². The maximum Gasteiger partial charge on any atom is 0.138 e. The first-order valence-electron chi connectivity index (χ1n) is 1.70. The zero-order valence-electron chi connectivity index (χ0n) is 3.03. The summed E-state index contributed by atoms with van der Waals surface area (Å²) in [6, 6.07) is 0. The van der Waals surface area contributed by atoms with Gasteiger partial charge in [0.05, 0.1) is 0 Å². The second-order valence-corrected chi connectivity index (χ2v) is 1.06. The molecule has 0 aromatic rings. The molecule has 0 bridgehead atoms. The average Bonchev–Trinajstić information content (AvgIpc) is 2.19. The summed E-state index contributed by atoms with van der Waals surface area (Å²) in [5.41, 5.74) is 0. The first kappa shape index (κ1) is 5.10. The number of hydrogen-bond donors (Lipinski definition) is 0. The van der Waals surface area contributed by atoms with Gasteiger partial charge < -0.3 is 0 Å². The molecule has 5 heavy (non-hydrogen) atoms. The van der Waals surface area contributed by atoms with E-state index in [0.29, 0.717) is 0 Å². The van der Waals surface area contributed by atoms with Crippen LogP contribution in [0.3, 0.4) is 0 Å². The van der Waals surface area contributed by atoms with Gasteiger partial charge in [0.25, 0.3) is 0 Å². The van der Waals surface area contributed by atoms with Crippen LogP contribution in [-0.2, 0) is 4.57 Å². The minimum atomic E-state index is 1.50. The van der Waals surface area contributed by atoms with Crippen LogP contribution in [0.15, 0.2) is 0 Å². The van der Waals surface area contributed by atoms with E-state index in [4.69, 9.17) is 4.57 Å². The molecule has 1 rings (SSSR count). The van der Waals surface area contributed by atoms with Gasteiger partial charge in [-0.05, 0) is 0 Å². The van der Waals surface area contributed by atoms with Crippen LogP contribution in [0.4, 0.5) is 0 Å². The summed E-state index contributed by atoms with van der Waals surface area (Å²) < 4.78 is 8.06. The van der Waals surface area contributed by atoms with E-state index in [-0.39, 0.29) is 0 Å². The van der Waals surface area contributed by atoms with Gasteiger partial charge in [-0.2, -0.15) is 0 Å². The van der Waals surface area contributed by atoms with Crippen LogP contribution in [0.5, 0.6) is 0 Å². The summed E-state index contributed by atoms with van der Waals surface area (Å²) in [5, 5.41) is 0. The Kier molecular flexibility index (Phi) is 4.18. The molecule has 0 saturated heterocycles. The van der Waals surface area contributed by atoms with E-state index >= 15 is 0 Å². The average molecular weight is 90.1 g/mol. The molecule has 1 aliphatic carbocycles. The lowest BCUT2D eigenvalue weighted by molar-refractivity contribution is 0.607. The zero-order chi connectivity index (χ0) is 4.12. The van der Waals surface area contributed by atoms with Crippen LogP contribution in [0.25, 0.3) is 0 Å². The first-order chi connectivity index (χ1) is 2.50. The molecular formula is C3H7OP. The predicted octanol–water partition coefficient (Wildman–Crippen LogP) is 1.65. The number of rotatable bonds is 0. The largest absolute Gasteiger partial charge is 0.279 e. The monoisotopic (exact) mass is 90.0 g/mol. The molecule has 0 aliphatic heterocycles. The third-order valence-electron chi connectivity index (χ3n) is 0.354. The highest BCUT2D eigenvalue weighted by atomic mass is 31.0. The van der Waals surface area contributed by atoms with Crippen LogP contribution in [0, 0.1) is 0 Å². The molecule has 0 unspecified atom stereocenters. The molecule has 0 atom stereocenters. The Hall–Kier alpha value is 0.100. The standard InChI is InChI=1S/C3H6.HOP/c1-2-3-1;1-2/h1-3H2;2H. The molecule has 2 heteroatoms. The van der Waals surface area contributed by atoms with Crippen molar-refractivity contribution in [3.05, 3.63) is 0 Å². The van der Waals surface area contributed by atoms with Gasteiger partial charge in [0.2, 0.25) is 0 Å². The fraction of sp³-hybridized carbons (Fsp3) is 1.00. The van der Waals surface area contributed by atoms with Gasteiger partial charge in [0.1, 0.15) is 9.12 Å². The smallest absolute Gasteiger partial charge is 0.138 e. The Morgan fingerprint density at radius 1 is 1.00 bits per heavy atom. The van der Waals surface area contributed by atoms with Crippen molar-refractivity contribution in [2.45, 2.75) is 19.3 Å². The van der Waals surface area contributed by atoms with Gasteiger partial charge in [-0.3, -0.25) is 4.57 Å². The zero-order valence-corrected chi connectivity index (χ0v) is 4.03. The second-order valence-electron chi connectivity index (χ2n) is 1.06. The predicted molar refractivity (Wildman–Crippen MR) is 22.9 cm³/mol. The van der Waals surface area contributed by atoms with E-state index < -0.39 is 0 Å². The van der Waals surface area contributed by atoms with E-state index in [1.165, 1.54) is 19.3 Å². The Labute approximate surface area is 34.0 Å². The van der Waals surface area contributed by atoms with Crippen molar-refractivity contribution >= 4 is 9.12 Å². The summed E-state index contributed by atoms with van der Waals surface area (Å²) in [4.78, 5) is 0. The second kappa shape index (κ2) is 4.10. The van der Waals surface area contributed by atoms with Gasteiger partial charge in [0, 0.05) is 0 Å². The van der Waals surface area contributed by atoms with Gasteiger partial charge in [-0.1, -0.05) is 19.3 Å². The fourth-order valence-corrected chi connectivity index (χ4v) is 0. The van der Waals surface area contributed by atoms with E-state index in [2.05, 4.69) is 0 Å². The van der Waals surface area contributed by atoms with Crippen molar-refractivity contribution in [1.29, 1.82) is 0 Å². The van der Waals surface area contributed by atoms with Crippen LogP contribution in [0.1, 0.15) is 19.3 Å². The number of hydrogen-bond acceptors (Lipinski definition) is 1. The Balaban J connectivity index is 0.0000000733. The molecule has 0 spiro atoms. The highest BCUT2D eigenvalue weighted by Crippen LogP contribution is 2.14. The molecule has 1 nitrogen and oxygen atoms in total. The quantitative estimate of drug-likeness (QED) is 0.413. The van der Waals surface area contributed by atoms with E-state index in [0.717, 1.165) is 0 Å². The Morgan fingerprint density at radius 3 is 1.20 bits per heavy atom. The third-order valence-corrected chi connectivity index (χ3v) is 0.354. The van der Waals surface area contributed by atoms with Crippen LogP contribution < -0.4 is 0 Å². The van der Waals surface area contributed by atoms with Crippen molar-refractivity contribution in [2.24, 2.45) is 0 Å². The lowest BCUT2D eigenvalue weighted by atomic mass is 11.0. The molecule has 1 aliphatic rings. The summed E-state index contributed by atoms with van der Waals surface area (Å²) >= 11 is 0. The van der Waals surface area contributed by atoms with Crippen molar-refractivity contribution in [3.8, 4) is 0 Å².